The normalized spacial score (nSPS) is 19.8. The van der Waals surface area contributed by atoms with Gasteiger partial charge in [-0.1, -0.05) is 0 Å². The van der Waals surface area contributed by atoms with Crippen molar-refractivity contribution in [3.05, 3.63) is 0 Å². The molecule has 11 nitrogen and oxygen atoms in total. The lowest BCUT2D eigenvalue weighted by atomic mass is 10.2. The summed E-state index contributed by atoms with van der Waals surface area (Å²) in [6.07, 6.45) is -1.26. The van der Waals surface area contributed by atoms with Crippen LogP contribution in [0.25, 0.3) is 0 Å². The SMILES string of the molecule is CC(COC(C)C(=O)ON1C(=O)CCC1=O)C(=O)ON1C(=O)CCC1=O. The van der Waals surface area contributed by atoms with Crippen LogP contribution in [-0.4, -0.2) is 58.4 Å². The van der Waals surface area contributed by atoms with E-state index >= 15 is 0 Å². The van der Waals surface area contributed by atoms with Crippen molar-refractivity contribution < 1.29 is 43.2 Å². The molecule has 2 atom stereocenters. The van der Waals surface area contributed by atoms with Crippen molar-refractivity contribution in [1.29, 1.82) is 0 Å². The van der Waals surface area contributed by atoms with E-state index in [1.807, 2.05) is 0 Å². The van der Waals surface area contributed by atoms with Crippen LogP contribution < -0.4 is 0 Å². The van der Waals surface area contributed by atoms with Gasteiger partial charge in [-0.05, 0) is 13.8 Å². The van der Waals surface area contributed by atoms with E-state index in [-0.39, 0.29) is 32.3 Å². The first kappa shape index (κ1) is 19.5. The Kier molecular flexibility index (Phi) is 6.03. The second kappa shape index (κ2) is 8.04. The number of rotatable bonds is 7. The van der Waals surface area contributed by atoms with Gasteiger partial charge < -0.3 is 14.4 Å². The second-order valence-electron chi connectivity index (χ2n) is 5.86. The molecule has 0 radical (unpaired) electrons. The number of hydrogen-bond donors (Lipinski definition) is 0. The van der Waals surface area contributed by atoms with Crippen LogP contribution in [0.1, 0.15) is 39.5 Å². The molecule has 2 rings (SSSR count). The molecular formula is C15H18N2O9. The Morgan fingerprint density at radius 3 is 1.62 bits per heavy atom. The Labute approximate surface area is 148 Å². The molecule has 0 N–H and O–H groups in total. The van der Waals surface area contributed by atoms with Crippen LogP contribution in [0.2, 0.25) is 0 Å². The number of imide groups is 2. The molecule has 0 aromatic carbocycles. The lowest BCUT2D eigenvalue weighted by molar-refractivity contribution is -0.207. The summed E-state index contributed by atoms with van der Waals surface area (Å²) in [7, 11) is 0. The van der Waals surface area contributed by atoms with Gasteiger partial charge in [0.15, 0.2) is 6.10 Å². The summed E-state index contributed by atoms with van der Waals surface area (Å²) >= 11 is 0. The van der Waals surface area contributed by atoms with Gasteiger partial charge in [0.1, 0.15) is 0 Å². The minimum Gasteiger partial charge on any atom is -0.366 e. The smallest absolute Gasteiger partial charge is 0.361 e. The average molecular weight is 370 g/mol. The molecule has 11 heteroatoms. The van der Waals surface area contributed by atoms with Crippen molar-refractivity contribution in [1.82, 2.24) is 10.1 Å². The van der Waals surface area contributed by atoms with Crippen molar-refractivity contribution in [2.24, 2.45) is 5.92 Å². The molecule has 2 heterocycles. The molecule has 0 spiro atoms. The van der Waals surface area contributed by atoms with E-state index in [0.29, 0.717) is 10.1 Å². The third-order valence-electron chi connectivity index (χ3n) is 3.70. The van der Waals surface area contributed by atoms with Crippen LogP contribution in [0, 0.1) is 5.92 Å². The van der Waals surface area contributed by atoms with Crippen molar-refractivity contribution in [2.45, 2.75) is 45.6 Å². The maximum atomic E-state index is 11.9. The van der Waals surface area contributed by atoms with Crippen LogP contribution in [-0.2, 0) is 43.2 Å². The fourth-order valence-corrected chi connectivity index (χ4v) is 2.08. The summed E-state index contributed by atoms with van der Waals surface area (Å²) in [4.78, 5) is 78.7. The molecule has 0 saturated carbocycles. The molecule has 2 saturated heterocycles. The van der Waals surface area contributed by atoms with E-state index in [1.165, 1.54) is 13.8 Å². The maximum Gasteiger partial charge on any atom is 0.361 e. The average Bonchev–Trinajstić information content (AvgIpc) is 3.09. The molecule has 0 aromatic heterocycles. The highest BCUT2D eigenvalue weighted by atomic mass is 16.7. The molecule has 2 fully saturated rings. The fraction of sp³-hybridized carbons (Fsp3) is 0.600. The van der Waals surface area contributed by atoms with Gasteiger partial charge in [-0.2, -0.15) is 0 Å². The molecule has 0 aromatic rings. The van der Waals surface area contributed by atoms with Crippen molar-refractivity contribution in [3.63, 3.8) is 0 Å². The lowest BCUT2D eigenvalue weighted by Crippen LogP contribution is -2.38. The first-order valence-corrected chi connectivity index (χ1v) is 7.97. The van der Waals surface area contributed by atoms with E-state index < -0.39 is 47.6 Å². The Hall–Kier alpha value is -2.82. The molecule has 0 bridgehead atoms. The van der Waals surface area contributed by atoms with Crippen LogP contribution in [0.15, 0.2) is 0 Å². The van der Waals surface area contributed by atoms with E-state index in [0.717, 1.165) is 0 Å². The van der Waals surface area contributed by atoms with Gasteiger partial charge in [-0.15, -0.1) is 10.1 Å². The highest BCUT2D eigenvalue weighted by Gasteiger charge is 2.36. The first-order valence-electron chi connectivity index (χ1n) is 7.97. The maximum absolute atomic E-state index is 11.9. The minimum absolute atomic E-state index is 0.0200. The molecule has 26 heavy (non-hydrogen) atoms. The van der Waals surface area contributed by atoms with Crippen LogP contribution in [0.4, 0.5) is 0 Å². The first-order chi connectivity index (χ1) is 12.2. The number of amides is 4. The van der Waals surface area contributed by atoms with Gasteiger partial charge >= 0.3 is 11.9 Å². The van der Waals surface area contributed by atoms with Gasteiger partial charge in [-0.3, -0.25) is 19.2 Å². The molecular weight excluding hydrogens is 352 g/mol. The van der Waals surface area contributed by atoms with Crippen LogP contribution in [0.5, 0.6) is 0 Å². The molecule has 4 amide bonds. The number of carbonyl (C=O) groups is 6. The Morgan fingerprint density at radius 2 is 1.19 bits per heavy atom. The highest BCUT2D eigenvalue weighted by molar-refractivity contribution is 6.02. The number of carbonyl (C=O) groups excluding carboxylic acids is 6. The van der Waals surface area contributed by atoms with Gasteiger partial charge in [0, 0.05) is 25.7 Å². The van der Waals surface area contributed by atoms with Crippen LogP contribution >= 0.6 is 0 Å². The standard InChI is InChI=1S/C15H18N2O9/c1-8(14(22)25-16-10(18)3-4-11(16)19)7-24-9(2)15(23)26-17-12(20)5-6-13(17)21/h8-9H,3-7H2,1-2H3. The minimum atomic E-state index is -1.17. The van der Waals surface area contributed by atoms with Crippen molar-refractivity contribution in [3.8, 4) is 0 Å². The predicted octanol–water partition coefficient (Wildman–Crippen LogP) is -0.758. The second-order valence-corrected chi connectivity index (χ2v) is 5.86. The Morgan fingerprint density at radius 1 is 0.808 bits per heavy atom. The molecule has 2 aliphatic rings. The largest absolute Gasteiger partial charge is 0.366 e. The Bertz CT molecular complexity index is 572. The zero-order valence-electron chi connectivity index (χ0n) is 14.3. The zero-order valence-corrected chi connectivity index (χ0v) is 14.3. The molecule has 142 valence electrons. The van der Waals surface area contributed by atoms with E-state index in [9.17, 15) is 28.8 Å². The van der Waals surface area contributed by atoms with E-state index in [1.54, 1.807) is 0 Å². The summed E-state index contributed by atoms with van der Waals surface area (Å²) in [6, 6.07) is 0. The summed E-state index contributed by atoms with van der Waals surface area (Å²) in [5.74, 6) is -5.18. The van der Waals surface area contributed by atoms with E-state index in [4.69, 9.17) is 9.57 Å². The monoisotopic (exact) mass is 370 g/mol. The Balaban J connectivity index is 1.77. The number of nitrogens with zero attached hydrogens (tertiary/aromatic N) is 2. The van der Waals surface area contributed by atoms with Gasteiger partial charge in [0.05, 0.1) is 12.5 Å². The number of hydroxylamine groups is 4. The van der Waals surface area contributed by atoms with Gasteiger partial charge in [-0.25, -0.2) is 9.59 Å². The lowest BCUT2D eigenvalue weighted by Gasteiger charge is -2.19. The molecule has 2 unspecified atom stereocenters. The summed E-state index contributed by atoms with van der Waals surface area (Å²) in [5, 5.41) is 0.811. The predicted molar refractivity (Wildman–Crippen MR) is 78.9 cm³/mol. The summed E-state index contributed by atoms with van der Waals surface area (Å²) in [5.41, 5.74) is 0. The fourth-order valence-electron chi connectivity index (χ4n) is 2.08. The third kappa shape index (κ3) is 4.42. The topological polar surface area (TPSA) is 137 Å². The number of ether oxygens (including phenoxy) is 1. The van der Waals surface area contributed by atoms with Gasteiger partial charge in [0.2, 0.25) is 0 Å². The van der Waals surface area contributed by atoms with E-state index in [2.05, 4.69) is 4.84 Å². The van der Waals surface area contributed by atoms with Crippen LogP contribution in [0.3, 0.4) is 0 Å². The molecule has 0 aliphatic carbocycles. The third-order valence-corrected chi connectivity index (χ3v) is 3.70. The molecule has 2 aliphatic heterocycles. The number of hydrogen-bond acceptors (Lipinski definition) is 9. The zero-order chi connectivity index (χ0) is 19.4. The van der Waals surface area contributed by atoms with Crippen molar-refractivity contribution in [2.75, 3.05) is 6.61 Å². The summed E-state index contributed by atoms with van der Waals surface area (Å²) in [6.45, 7) is 2.46. The summed E-state index contributed by atoms with van der Waals surface area (Å²) < 4.78 is 5.17. The van der Waals surface area contributed by atoms with Crippen molar-refractivity contribution >= 4 is 35.6 Å². The van der Waals surface area contributed by atoms with Gasteiger partial charge in [0.25, 0.3) is 23.6 Å². The quantitative estimate of drug-likeness (QED) is 0.530. The highest BCUT2D eigenvalue weighted by Crippen LogP contribution is 2.15.